The largest absolute Gasteiger partial charge is 0.487 e. The van der Waals surface area contributed by atoms with Crippen LogP contribution in [0.2, 0.25) is 0 Å². The van der Waals surface area contributed by atoms with Crippen molar-refractivity contribution in [1.82, 2.24) is 0 Å². The molecule has 0 amide bonds. The number of hydrogen-bond donors (Lipinski definition) is 2. The zero-order valence-electron chi connectivity index (χ0n) is 20.0. The molecule has 0 heterocycles. The van der Waals surface area contributed by atoms with E-state index in [0.29, 0.717) is 6.61 Å². The molecule has 6 nitrogen and oxygen atoms in total. The minimum atomic E-state index is -4.46. The molecule has 2 aromatic rings. The lowest BCUT2D eigenvalue weighted by Crippen LogP contribution is -2.24. The third kappa shape index (κ3) is 12.6. The number of benzene rings is 2. The van der Waals surface area contributed by atoms with Crippen LogP contribution in [-0.4, -0.2) is 35.7 Å². The van der Waals surface area contributed by atoms with Crippen LogP contribution >= 0.6 is 7.82 Å². The molecular weight excluding hydrogens is 439 g/mol. The second-order valence-electron chi connectivity index (χ2n) is 8.59. The van der Waals surface area contributed by atoms with Crippen molar-refractivity contribution < 1.29 is 28.3 Å². The monoisotopic (exact) mass is 480 g/mol. The lowest BCUT2D eigenvalue weighted by Gasteiger charge is -2.20. The number of fused-ring (bicyclic) bond motifs is 1. The first-order chi connectivity index (χ1) is 16.0. The highest BCUT2D eigenvalue weighted by molar-refractivity contribution is 7.46. The van der Waals surface area contributed by atoms with Crippen molar-refractivity contribution in [3.05, 3.63) is 42.5 Å². The van der Waals surface area contributed by atoms with Gasteiger partial charge < -0.3 is 19.3 Å². The predicted octanol–water partition coefficient (Wildman–Crippen LogP) is 7.02. The molecule has 1 unspecified atom stereocenters. The van der Waals surface area contributed by atoms with Gasteiger partial charge in [0, 0.05) is 5.39 Å². The van der Waals surface area contributed by atoms with Gasteiger partial charge in [-0.2, -0.15) is 0 Å². The minimum Gasteiger partial charge on any atom is -0.487 e. The normalized spacial score (nSPS) is 12.8. The van der Waals surface area contributed by atoms with Crippen LogP contribution in [-0.2, 0) is 13.8 Å². The van der Waals surface area contributed by atoms with E-state index in [1.165, 1.54) is 57.8 Å². The molecule has 0 bridgehead atoms. The van der Waals surface area contributed by atoms with Gasteiger partial charge >= 0.3 is 7.82 Å². The summed E-state index contributed by atoms with van der Waals surface area (Å²) in [5.74, 6) is 0.834. The highest BCUT2D eigenvalue weighted by Crippen LogP contribution is 2.35. The third-order valence-electron chi connectivity index (χ3n) is 5.71. The highest BCUT2D eigenvalue weighted by atomic mass is 31.2. The summed E-state index contributed by atoms with van der Waals surface area (Å²) in [5.41, 5.74) is 0. The molecule has 1 atom stereocenters. The Kier molecular flexibility index (Phi) is 13.7. The molecule has 0 fully saturated rings. The molecule has 186 valence electrons. The van der Waals surface area contributed by atoms with Crippen LogP contribution in [0.1, 0.15) is 77.6 Å². The molecule has 0 aliphatic carbocycles. The molecule has 0 aliphatic rings. The zero-order chi connectivity index (χ0) is 23.8. The van der Waals surface area contributed by atoms with E-state index in [9.17, 15) is 4.57 Å². The fourth-order valence-electron chi connectivity index (χ4n) is 3.94. The van der Waals surface area contributed by atoms with Gasteiger partial charge in [-0.05, 0) is 24.3 Å². The molecule has 0 saturated heterocycles. The highest BCUT2D eigenvalue weighted by Gasteiger charge is 2.15. The van der Waals surface area contributed by atoms with Gasteiger partial charge in [0.25, 0.3) is 0 Å². The number of phosphoric ester groups is 1. The fraction of sp³-hybridized carbons (Fsp3) is 0.615. The van der Waals surface area contributed by atoms with E-state index in [2.05, 4.69) is 29.6 Å². The Labute approximate surface area is 198 Å². The topological polar surface area (TPSA) is 85.2 Å². The Morgan fingerprint density at radius 2 is 1.45 bits per heavy atom. The smallest absolute Gasteiger partial charge is 0.469 e. The van der Waals surface area contributed by atoms with Crippen LogP contribution in [0.3, 0.4) is 0 Å². The van der Waals surface area contributed by atoms with Gasteiger partial charge in [-0.25, -0.2) is 4.57 Å². The van der Waals surface area contributed by atoms with E-state index < -0.39 is 7.82 Å². The molecular formula is C26H41O6P. The maximum atomic E-state index is 10.8. The quantitative estimate of drug-likeness (QED) is 0.166. The van der Waals surface area contributed by atoms with Crippen LogP contribution in [0.5, 0.6) is 5.75 Å². The van der Waals surface area contributed by atoms with Crippen molar-refractivity contribution in [2.45, 2.75) is 83.7 Å². The molecule has 0 radical (unpaired) electrons. The standard InChI is InChI=1S/C26H41O6P/c1-2-3-4-5-6-7-8-9-10-11-17-24(22-30-20-21-31-33(27,28)29)32-26-19-14-16-23-15-12-13-18-25(23)26/h12-16,18-19,24H,2-11,17,20-22H2,1H3,(H2,27,28,29). The van der Waals surface area contributed by atoms with Crippen LogP contribution < -0.4 is 4.74 Å². The van der Waals surface area contributed by atoms with E-state index in [1.54, 1.807) is 0 Å². The summed E-state index contributed by atoms with van der Waals surface area (Å²) in [6.07, 6.45) is 13.6. The van der Waals surface area contributed by atoms with Gasteiger partial charge in [0.05, 0.1) is 19.8 Å². The maximum Gasteiger partial charge on any atom is 0.469 e. The number of ether oxygens (including phenoxy) is 2. The first-order valence-corrected chi connectivity index (χ1v) is 13.9. The van der Waals surface area contributed by atoms with Crippen molar-refractivity contribution in [2.75, 3.05) is 19.8 Å². The molecule has 33 heavy (non-hydrogen) atoms. The SMILES string of the molecule is CCCCCCCCCCCCC(COCCOP(=O)(O)O)Oc1cccc2ccccc12. The van der Waals surface area contributed by atoms with Crippen LogP contribution in [0.4, 0.5) is 0 Å². The lowest BCUT2D eigenvalue weighted by atomic mass is 10.0. The Morgan fingerprint density at radius 3 is 2.15 bits per heavy atom. The summed E-state index contributed by atoms with van der Waals surface area (Å²) in [4.78, 5) is 17.6. The van der Waals surface area contributed by atoms with Gasteiger partial charge in [-0.15, -0.1) is 0 Å². The summed E-state index contributed by atoms with van der Waals surface area (Å²) >= 11 is 0. The number of unbranched alkanes of at least 4 members (excludes halogenated alkanes) is 9. The van der Waals surface area contributed by atoms with Gasteiger partial charge in [0.2, 0.25) is 0 Å². The van der Waals surface area contributed by atoms with Crippen molar-refractivity contribution in [3.8, 4) is 5.75 Å². The molecule has 0 spiro atoms. The summed E-state index contributed by atoms with van der Waals surface area (Å²) in [6, 6.07) is 14.2. The average molecular weight is 481 g/mol. The van der Waals surface area contributed by atoms with E-state index in [4.69, 9.17) is 19.3 Å². The van der Waals surface area contributed by atoms with Gasteiger partial charge in [-0.1, -0.05) is 101 Å². The second kappa shape index (κ2) is 16.2. The van der Waals surface area contributed by atoms with E-state index in [1.807, 2.05) is 24.3 Å². The zero-order valence-corrected chi connectivity index (χ0v) is 20.9. The molecule has 7 heteroatoms. The van der Waals surface area contributed by atoms with Crippen molar-refractivity contribution in [3.63, 3.8) is 0 Å². The number of phosphoric acid groups is 1. The molecule has 2 aromatic carbocycles. The molecule has 0 aromatic heterocycles. The molecule has 0 aliphatic heterocycles. The Balaban J connectivity index is 1.77. The number of hydrogen-bond acceptors (Lipinski definition) is 4. The molecule has 0 saturated carbocycles. The van der Waals surface area contributed by atoms with Crippen LogP contribution in [0, 0.1) is 0 Å². The molecule has 2 N–H and O–H groups in total. The van der Waals surface area contributed by atoms with E-state index in [-0.39, 0.29) is 19.3 Å². The maximum absolute atomic E-state index is 10.8. The summed E-state index contributed by atoms with van der Waals surface area (Å²) in [7, 11) is -4.46. The van der Waals surface area contributed by atoms with E-state index in [0.717, 1.165) is 29.4 Å². The van der Waals surface area contributed by atoms with Gasteiger partial charge in [0.15, 0.2) is 0 Å². The van der Waals surface area contributed by atoms with Gasteiger partial charge in [0.1, 0.15) is 11.9 Å². The van der Waals surface area contributed by atoms with Crippen molar-refractivity contribution >= 4 is 18.6 Å². The Morgan fingerprint density at radius 1 is 0.818 bits per heavy atom. The Hall–Kier alpha value is -1.43. The van der Waals surface area contributed by atoms with Crippen LogP contribution in [0.15, 0.2) is 42.5 Å². The first-order valence-electron chi connectivity index (χ1n) is 12.4. The van der Waals surface area contributed by atoms with E-state index >= 15 is 0 Å². The molecule has 2 rings (SSSR count). The van der Waals surface area contributed by atoms with Crippen molar-refractivity contribution in [1.29, 1.82) is 0 Å². The minimum absolute atomic E-state index is 0.110. The Bertz CT molecular complexity index is 816. The second-order valence-corrected chi connectivity index (χ2v) is 9.83. The van der Waals surface area contributed by atoms with Crippen LogP contribution in [0.25, 0.3) is 10.8 Å². The first kappa shape index (κ1) is 27.8. The summed E-state index contributed by atoms with van der Waals surface area (Å²) in [6.45, 7) is 2.56. The van der Waals surface area contributed by atoms with Gasteiger partial charge in [-0.3, -0.25) is 4.52 Å². The predicted molar refractivity (Wildman–Crippen MR) is 134 cm³/mol. The number of rotatable bonds is 19. The summed E-state index contributed by atoms with van der Waals surface area (Å²) < 4.78 is 27.2. The van der Waals surface area contributed by atoms with Crippen molar-refractivity contribution in [2.24, 2.45) is 0 Å². The third-order valence-corrected chi connectivity index (χ3v) is 6.23. The lowest BCUT2D eigenvalue weighted by molar-refractivity contribution is 0.0277. The fourth-order valence-corrected chi connectivity index (χ4v) is 4.26. The average Bonchev–Trinajstić information content (AvgIpc) is 2.79. The summed E-state index contributed by atoms with van der Waals surface area (Å²) in [5, 5.41) is 2.20.